The number of pyridine rings is 1. The Bertz CT molecular complexity index is 590. The van der Waals surface area contributed by atoms with Gasteiger partial charge in [-0.05, 0) is 6.07 Å². The van der Waals surface area contributed by atoms with Crippen LogP contribution in [0.25, 0.3) is 0 Å². The molecule has 7 heteroatoms. The molecule has 1 aromatic heterocycles. The molecule has 2 rings (SSSR count). The maximum atomic E-state index is 12.5. The average molecular weight is 333 g/mol. The van der Waals surface area contributed by atoms with Gasteiger partial charge in [-0.3, -0.25) is 14.5 Å². The van der Waals surface area contributed by atoms with Crippen molar-refractivity contribution < 1.29 is 9.59 Å². The van der Waals surface area contributed by atoms with Gasteiger partial charge in [-0.25, -0.2) is 4.98 Å². The predicted molar refractivity (Wildman–Crippen MR) is 93.5 cm³/mol. The molecule has 0 aromatic carbocycles. The molecule has 7 nitrogen and oxygen atoms in total. The zero-order valence-corrected chi connectivity index (χ0v) is 15.0. The summed E-state index contributed by atoms with van der Waals surface area (Å²) in [4.78, 5) is 34.2. The Morgan fingerprint density at radius 1 is 1.33 bits per heavy atom. The SMILES string of the molecule is CNc1ncccc1CN1CCN(C(C)=O)C[C@H](C(=O)N(C)C)C1. The first kappa shape index (κ1) is 18.2. The average Bonchev–Trinajstić information content (AvgIpc) is 2.77. The molecule has 0 radical (unpaired) electrons. The van der Waals surface area contributed by atoms with Crippen molar-refractivity contribution in [2.45, 2.75) is 13.5 Å². The fourth-order valence-corrected chi connectivity index (χ4v) is 3.06. The van der Waals surface area contributed by atoms with E-state index in [1.54, 1.807) is 37.0 Å². The van der Waals surface area contributed by atoms with Crippen LogP contribution < -0.4 is 5.32 Å². The molecule has 1 N–H and O–H groups in total. The lowest BCUT2D eigenvalue weighted by molar-refractivity contribution is -0.135. The molecule has 2 heterocycles. The summed E-state index contributed by atoms with van der Waals surface area (Å²) in [5.41, 5.74) is 1.09. The number of anilines is 1. The summed E-state index contributed by atoms with van der Waals surface area (Å²) in [7, 11) is 5.37. The van der Waals surface area contributed by atoms with Gasteiger partial charge in [-0.1, -0.05) is 6.07 Å². The summed E-state index contributed by atoms with van der Waals surface area (Å²) in [6, 6.07) is 3.95. The monoisotopic (exact) mass is 333 g/mol. The van der Waals surface area contributed by atoms with E-state index in [-0.39, 0.29) is 17.7 Å². The molecule has 1 aliphatic rings. The molecule has 1 aromatic rings. The normalized spacial score (nSPS) is 18.8. The molecular formula is C17H27N5O2. The van der Waals surface area contributed by atoms with E-state index < -0.39 is 0 Å². The molecule has 0 unspecified atom stereocenters. The standard InChI is InChI=1S/C17H27N5O2/c1-13(23)22-9-8-21(11-15(12-22)17(24)20(3)4)10-14-6-5-7-19-16(14)18-2/h5-7,15H,8-12H2,1-4H3,(H,18,19)/t15-/m1/s1. The number of hydrogen-bond acceptors (Lipinski definition) is 5. The number of nitrogens with zero attached hydrogens (tertiary/aromatic N) is 4. The van der Waals surface area contributed by atoms with Gasteiger partial charge >= 0.3 is 0 Å². The summed E-state index contributed by atoms with van der Waals surface area (Å²) >= 11 is 0. The van der Waals surface area contributed by atoms with Gasteiger partial charge in [0.25, 0.3) is 0 Å². The Morgan fingerprint density at radius 2 is 2.08 bits per heavy atom. The first-order valence-corrected chi connectivity index (χ1v) is 8.23. The molecule has 0 aliphatic carbocycles. The molecule has 132 valence electrons. The lowest BCUT2D eigenvalue weighted by atomic mass is 10.1. The minimum Gasteiger partial charge on any atom is -0.373 e. The zero-order chi connectivity index (χ0) is 17.7. The molecule has 2 amide bonds. The second kappa shape index (κ2) is 8.10. The third-order valence-corrected chi connectivity index (χ3v) is 4.36. The zero-order valence-electron chi connectivity index (χ0n) is 15.0. The maximum Gasteiger partial charge on any atom is 0.228 e. The van der Waals surface area contributed by atoms with Gasteiger partial charge in [0.2, 0.25) is 11.8 Å². The third kappa shape index (κ3) is 4.44. The van der Waals surface area contributed by atoms with Crippen LogP contribution in [0.1, 0.15) is 12.5 Å². The van der Waals surface area contributed by atoms with Crippen molar-refractivity contribution >= 4 is 17.6 Å². The van der Waals surface area contributed by atoms with Crippen LogP contribution in [0, 0.1) is 5.92 Å². The second-order valence-electron chi connectivity index (χ2n) is 6.39. The first-order valence-electron chi connectivity index (χ1n) is 8.23. The Balaban J connectivity index is 2.17. The van der Waals surface area contributed by atoms with Crippen molar-refractivity contribution in [1.82, 2.24) is 19.7 Å². The Labute approximate surface area is 143 Å². The lowest BCUT2D eigenvalue weighted by Crippen LogP contribution is -2.41. The Morgan fingerprint density at radius 3 is 2.71 bits per heavy atom. The third-order valence-electron chi connectivity index (χ3n) is 4.36. The fraction of sp³-hybridized carbons (Fsp3) is 0.588. The van der Waals surface area contributed by atoms with Crippen LogP contribution in [-0.4, -0.2) is 78.8 Å². The molecule has 0 spiro atoms. The summed E-state index contributed by atoms with van der Waals surface area (Å²) in [6.45, 7) is 4.77. The highest BCUT2D eigenvalue weighted by atomic mass is 16.2. The number of aromatic nitrogens is 1. The van der Waals surface area contributed by atoms with E-state index >= 15 is 0 Å². The quantitative estimate of drug-likeness (QED) is 0.869. The smallest absolute Gasteiger partial charge is 0.228 e. The number of carbonyl (C=O) groups excluding carboxylic acids is 2. The Kier molecular flexibility index (Phi) is 6.14. The van der Waals surface area contributed by atoms with E-state index in [0.29, 0.717) is 26.2 Å². The van der Waals surface area contributed by atoms with Crippen molar-refractivity contribution in [2.24, 2.45) is 5.92 Å². The van der Waals surface area contributed by atoms with E-state index in [1.165, 1.54) is 0 Å². The second-order valence-corrected chi connectivity index (χ2v) is 6.39. The largest absolute Gasteiger partial charge is 0.373 e. The van der Waals surface area contributed by atoms with Crippen molar-refractivity contribution in [3.05, 3.63) is 23.9 Å². The van der Waals surface area contributed by atoms with Crippen molar-refractivity contribution in [1.29, 1.82) is 0 Å². The predicted octanol–water partition coefficient (Wildman–Crippen LogP) is 0.492. The highest BCUT2D eigenvalue weighted by Gasteiger charge is 2.30. The van der Waals surface area contributed by atoms with E-state index in [2.05, 4.69) is 15.2 Å². The fourth-order valence-electron chi connectivity index (χ4n) is 3.06. The summed E-state index contributed by atoms with van der Waals surface area (Å²) in [6.07, 6.45) is 1.76. The van der Waals surface area contributed by atoms with Crippen molar-refractivity contribution in [3.63, 3.8) is 0 Å². The lowest BCUT2D eigenvalue weighted by Gasteiger charge is -2.26. The first-order chi connectivity index (χ1) is 11.4. The van der Waals surface area contributed by atoms with Crippen molar-refractivity contribution in [2.75, 3.05) is 52.6 Å². The van der Waals surface area contributed by atoms with Gasteiger partial charge in [0.1, 0.15) is 5.82 Å². The van der Waals surface area contributed by atoms with Gasteiger partial charge in [0.15, 0.2) is 0 Å². The topological polar surface area (TPSA) is 68.8 Å². The molecule has 0 saturated carbocycles. The van der Waals surface area contributed by atoms with Crippen LogP contribution in [0.3, 0.4) is 0 Å². The Hall–Kier alpha value is -2.15. The highest BCUT2D eigenvalue weighted by Crippen LogP contribution is 2.18. The van der Waals surface area contributed by atoms with Gasteiger partial charge in [-0.2, -0.15) is 0 Å². The molecule has 1 saturated heterocycles. The molecule has 0 bridgehead atoms. The van der Waals surface area contributed by atoms with Crippen LogP contribution in [0.15, 0.2) is 18.3 Å². The summed E-state index contributed by atoms with van der Waals surface area (Å²) in [5.74, 6) is 0.723. The van der Waals surface area contributed by atoms with Crippen LogP contribution >= 0.6 is 0 Å². The van der Waals surface area contributed by atoms with Gasteiger partial charge in [0.05, 0.1) is 5.92 Å². The van der Waals surface area contributed by atoms with E-state index in [0.717, 1.165) is 17.9 Å². The van der Waals surface area contributed by atoms with Crippen LogP contribution in [0.5, 0.6) is 0 Å². The van der Waals surface area contributed by atoms with E-state index in [9.17, 15) is 9.59 Å². The van der Waals surface area contributed by atoms with Crippen molar-refractivity contribution in [3.8, 4) is 0 Å². The number of nitrogens with one attached hydrogen (secondary N) is 1. The molecule has 1 atom stereocenters. The van der Waals surface area contributed by atoms with E-state index in [4.69, 9.17) is 0 Å². The van der Waals surface area contributed by atoms with Crippen LogP contribution in [0.2, 0.25) is 0 Å². The minimum absolute atomic E-state index is 0.0192. The summed E-state index contributed by atoms with van der Waals surface area (Å²) in [5, 5.41) is 3.10. The van der Waals surface area contributed by atoms with Gasteiger partial charge in [-0.15, -0.1) is 0 Å². The minimum atomic E-state index is -0.207. The molecule has 1 fully saturated rings. The maximum absolute atomic E-state index is 12.5. The number of carbonyl (C=O) groups is 2. The number of hydrogen-bond donors (Lipinski definition) is 1. The van der Waals surface area contributed by atoms with Crippen LogP contribution in [0.4, 0.5) is 5.82 Å². The summed E-state index contributed by atoms with van der Waals surface area (Å²) < 4.78 is 0. The van der Waals surface area contributed by atoms with Gasteiger partial charge < -0.3 is 15.1 Å². The van der Waals surface area contributed by atoms with Gasteiger partial charge in [0, 0.05) is 72.6 Å². The molecule has 1 aliphatic heterocycles. The number of rotatable bonds is 4. The molecular weight excluding hydrogens is 306 g/mol. The van der Waals surface area contributed by atoms with E-state index in [1.807, 2.05) is 19.2 Å². The molecule has 24 heavy (non-hydrogen) atoms. The van der Waals surface area contributed by atoms with Crippen LogP contribution in [-0.2, 0) is 16.1 Å². The number of amides is 2. The highest BCUT2D eigenvalue weighted by molar-refractivity contribution is 5.80.